The van der Waals surface area contributed by atoms with Gasteiger partial charge in [0.05, 0.1) is 5.56 Å². The Morgan fingerprint density at radius 2 is 1.62 bits per heavy atom. The number of amides is 2. The number of rotatable bonds is 5. The van der Waals surface area contributed by atoms with Crippen molar-refractivity contribution < 1.29 is 22.8 Å². The SMILES string of the molecule is CC(C)CC(=O)NC(=S)Nc1cccc(C(=O)Nc2cccc(C(F)(F)F)c2)c1. The average molecular weight is 423 g/mol. The summed E-state index contributed by atoms with van der Waals surface area (Å²) in [5.74, 6) is -0.626. The van der Waals surface area contributed by atoms with Crippen molar-refractivity contribution in [3.63, 3.8) is 0 Å². The Hall–Kier alpha value is -2.94. The molecule has 0 unspecified atom stereocenters. The minimum Gasteiger partial charge on any atom is -0.332 e. The van der Waals surface area contributed by atoms with Gasteiger partial charge in [0.1, 0.15) is 0 Å². The van der Waals surface area contributed by atoms with Crippen LogP contribution in [0.5, 0.6) is 0 Å². The maximum absolute atomic E-state index is 12.8. The normalized spacial score (nSPS) is 11.1. The van der Waals surface area contributed by atoms with E-state index in [1.165, 1.54) is 24.3 Å². The lowest BCUT2D eigenvalue weighted by atomic mass is 10.1. The Bertz CT molecular complexity index is 914. The van der Waals surface area contributed by atoms with Crippen LogP contribution in [0.4, 0.5) is 24.5 Å². The van der Waals surface area contributed by atoms with Crippen molar-refractivity contribution in [3.8, 4) is 0 Å². The van der Waals surface area contributed by atoms with E-state index in [9.17, 15) is 22.8 Å². The van der Waals surface area contributed by atoms with E-state index in [0.717, 1.165) is 12.1 Å². The van der Waals surface area contributed by atoms with E-state index in [-0.39, 0.29) is 28.2 Å². The quantitative estimate of drug-likeness (QED) is 0.604. The number of carbonyl (C=O) groups excluding carboxylic acids is 2. The first-order chi connectivity index (χ1) is 13.5. The topological polar surface area (TPSA) is 70.2 Å². The summed E-state index contributed by atoms with van der Waals surface area (Å²) in [5, 5.41) is 7.87. The second kappa shape index (κ2) is 9.51. The van der Waals surface area contributed by atoms with E-state index in [1.807, 2.05) is 13.8 Å². The molecule has 5 nitrogen and oxygen atoms in total. The van der Waals surface area contributed by atoms with Crippen molar-refractivity contribution >= 4 is 40.5 Å². The monoisotopic (exact) mass is 423 g/mol. The molecule has 154 valence electrons. The first kappa shape index (κ1) is 22.4. The smallest absolute Gasteiger partial charge is 0.332 e. The second-order valence-electron chi connectivity index (χ2n) is 6.71. The number of benzene rings is 2. The van der Waals surface area contributed by atoms with Gasteiger partial charge in [0.2, 0.25) is 5.91 Å². The van der Waals surface area contributed by atoms with Crippen LogP contribution in [0, 0.1) is 5.92 Å². The van der Waals surface area contributed by atoms with E-state index in [0.29, 0.717) is 12.1 Å². The zero-order valence-electron chi connectivity index (χ0n) is 15.8. The van der Waals surface area contributed by atoms with Gasteiger partial charge >= 0.3 is 6.18 Å². The van der Waals surface area contributed by atoms with Gasteiger partial charge in [-0.15, -0.1) is 0 Å². The van der Waals surface area contributed by atoms with Gasteiger partial charge in [-0.2, -0.15) is 13.2 Å². The maximum atomic E-state index is 12.8. The second-order valence-corrected chi connectivity index (χ2v) is 7.12. The first-order valence-electron chi connectivity index (χ1n) is 8.74. The van der Waals surface area contributed by atoms with Gasteiger partial charge in [-0.25, -0.2) is 0 Å². The number of hydrogen-bond acceptors (Lipinski definition) is 3. The molecule has 0 saturated carbocycles. The molecule has 0 radical (unpaired) electrons. The molecule has 2 rings (SSSR count). The van der Waals surface area contributed by atoms with Crippen molar-refractivity contribution in [1.29, 1.82) is 0 Å². The number of halogens is 3. The minimum absolute atomic E-state index is 0.0275. The Morgan fingerprint density at radius 3 is 2.24 bits per heavy atom. The highest BCUT2D eigenvalue weighted by molar-refractivity contribution is 7.80. The molecule has 0 heterocycles. The fourth-order valence-electron chi connectivity index (χ4n) is 2.43. The van der Waals surface area contributed by atoms with Crippen LogP contribution in [-0.4, -0.2) is 16.9 Å². The van der Waals surface area contributed by atoms with Gasteiger partial charge in [-0.1, -0.05) is 26.0 Å². The van der Waals surface area contributed by atoms with E-state index in [4.69, 9.17) is 12.2 Å². The predicted octanol–water partition coefficient (Wildman–Crippen LogP) is 4.82. The minimum atomic E-state index is -4.50. The summed E-state index contributed by atoms with van der Waals surface area (Å²) in [4.78, 5) is 24.1. The van der Waals surface area contributed by atoms with Crippen molar-refractivity contribution in [2.45, 2.75) is 26.4 Å². The highest BCUT2D eigenvalue weighted by atomic mass is 32.1. The standard InChI is InChI=1S/C20H20F3N3O2S/c1-12(2)9-17(27)26-19(29)25-15-7-3-5-13(10-15)18(28)24-16-8-4-6-14(11-16)20(21,22)23/h3-8,10-12H,9H2,1-2H3,(H,24,28)(H2,25,26,27,29). The molecule has 0 spiro atoms. The van der Waals surface area contributed by atoms with E-state index >= 15 is 0 Å². The molecule has 2 amide bonds. The summed E-state index contributed by atoms with van der Waals surface area (Å²) in [6.45, 7) is 3.81. The molecule has 0 aliphatic heterocycles. The number of carbonyl (C=O) groups is 2. The molecule has 9 heteroatoms. The molecule has 3 N–H and O–H groups in total. The maximum Gasteiger partial charge on any atom is 0.416 e. The summed E-state index contributed by atoms with van der Waals surface area (Å²) >= 11 is 5.08. The average Bonchev–Trinajstić information content (AvgIpc) is 2.60. The third kappa shape index (κ3) is 7.19. The van der Waals surface area contributed by atoms with Crippen molar-refractivity contribution in [3.05, 3.63) is 59.7 Å². The summed E-state index contributed by atoms with van der Waals surface area (Å²) in [6.07, 6.45) is -4.18. The number of thiocarbonyl (C=S) groups is 1. The van der Waals surface area contributed by atoms with E-state index < -0.39 is 17.6 Å². The van der Waals surface area contributed by atoms with Crippen LogP contribution >= 0.6 is 12.2 Å². The molecule has 0 atom stereocenters. The molecule has 0 aliphatic rings. The van der Waals surface area contributed by atoms with E-state index in [1.54, 1.807) is 12.1 Å². The van der Waals surface area contributed by atoms with Crippen molar-refractivity contribution in [2.75, 3.05) is 10.6 Å². The van der Waals surface area contributed by atoms with Crippen LogP contribution in [0.1, 0.15) is 36.2 Å². The Morgan fingerprint density at radius 1 is 1.00 bits per heavy atom. The fraction of sp³-hybridized carbons (Fsp3) is 0.250. The van der Waals surface area contributed by atoms with Gasteiger partial charge in [0, 0.05) is 23.4 Å². The van der Waals surface area contributed by atoms with Gasteiger partial charge in [-0.3, -0.25) is 9.59 Å². The predicted molar refractivity (Wildman–Crippen MR) is 110 cm³/mol. The van der Waals surface area contributed by atoms with Crippen molar-refractivity contribution in [1.82, 2.24) is 5.32 Å². The molecule has 2 aromatic carbocycles. The van der Waals surface area contributed by atoms with Gasteiger partial charge in [-0.05, 0) is 54.5 Å². The highest BCUT2D eigenvalue weighted by Gasteiger charge is 2.30. The molecular formula is C20H20F3N3O2S. The van der Waals surface area contributed by atoms with Gasteiger partial charge in [0.25, 0.3) is 5.91 Å². The first-order valence-corrected chi connectivity index (χ1v) is 9.15. The van der Waals surface area contributed by atoms with Crippen molar-refractivity contribution in [2.24, 2.45) is 5.92 Å². The number of anilines is 2. The lowest BCUT2D eigenvalue weighted by Crippen LogP contribution is -2.34. The highest BCUT2D eigenvalue weighted by Crippen LogP contribution is 2.30. The lowest BCUT2D eigenvalue weighted by Gasteiger charge is -2.12. The van der Waals surface area contributed by atoms with Gasteiger partial charge in [0.15, 0.2) is 5.11 Å². The largest absolute Gasteiger partial charge is 0.416 e. The molecule has 29 heavy (non-hydrogen) atoms. The molecule has 0 aliphatic carbocycles. The number of nitrogens with one attached hydrogen (secondary N) is 3. The summed E-state index contributed by atoms with van der Waals surface area (Å²) in [5.41, 5.74) is -0.159. The molecule has 2 aromatic rings. The van der Waals surface area contributed by atoms with Crippen LogP contribution in [-0.2, 0) is 11.0 Å². The van der Waals surface area contributed by atoms with Crippen LogP contribution < -0.4 is 16.0 Å². The number of alkyl halides is 3. The molecule has 0 bridgehead atoms. The third-order valence-corrected chi connectivity index (χ3v) is 3.88. The zero-order valence-corrected chi connectivity index (χ0v) is 16.6. The van der Waals surface area contributed by atoms with Crippen LogP contribution in [0.15, 0.2) is 48.5 Å². The van der Waals surface area contributed by atoms with E-state index in [2.05, 4.69) is 16.0 Å². The third-order valence-electron chi connectivity index (χ3n) is 3.68. The molecule has 0 aromatic heterocycles. The molecular weight excluding hydrogens is 403 g/mol. The lowest BCUT2D eigenvalue weighted by molar-refractivity contribution is -0.137. The van der Waals surface area contributed by atoms with Crippen LogP contribution in [0.25, 0.3) is 0 Å². The number of hydrogen-bond donors (Lipinski definition) is 3. The molecule has 0 saturated heterocycles. The Kier molecular flexibility index (Phi) is 7.33. The Labute approximate surface area is 171 Å². The summed E-state index contributed by atoms with van der Waals surface area (Å²) < 4.78 is 38.4. The van der Waals surface area contributed by atoms with Crippen LogP contribution in [0.3, 0.4) is 0 Å². The van der Waals surface area contributed by atoms with Gasteiger partial charge < -0.3 is 16.0 Å². The zero-order chi connectivity index (χ0) is 21.6. The van der Waals surface area contributed by atoms with Crippen LogP contribution in [0.2, 0.25) is 0 Å². The summed E-state index contributed by atoms with van der Waals surface area (Å²) in [7, 11) is 0. The fourth-order valence-corrected chi connectivity index (χ4v) is 2.66. The Balaban J connectivity index is 2.04. The molecule has 0 fully saturated rings. The summed E-state index contributed by atoms with van der Waals surface area (Å²) in [6, 6.07) is 10.6.